The van der Waals surface area contributed by atoms with Crippen LogP contribution in [-0.2, 0) is 21.2 Å². The number of allylic oxidation sites excluding steroid dienone is 1. The summed E-state index contributed by atoms with van der Waals surface area (Å²) in [6, 6.07) is 7.99. The van der Waals surface area contributed by atoms with Crippen molar-refractivity contribution in [3.8, 4) is 0 Å². The van der Waals surface area contributed by atoms with Crippen LogP contribution in [0, 0.1) is 0 Å². The molecule has 2 aliphatic rings. The molecule has 1 aliphatic heterocycles. The molecule has 1 saturated heterocycles. The summed E-state index contributed by atoms with van der Waals surface area (Å²) in [7, 11) is -3.43. The number of sulfonamides is 1. The molecule has 0 unspecified atom stereocenters. The first-order valence-corrected chi connectivity index (χ1v) is 10.1. The molecule has 0 aromatic heterocycles. The summed E-state index contributed by atoms with van der Waals surface area (Å²) in [6.45, 7) is 7.99. The van der Waals surface area contributed by atoms with Gasteiger partial charge in [0, 0.05) is 0 Å². The van der Waals surface area contributed by atoms with E-state index in [4.69, 9.17) is 4.74 Å². The van der Waals surface area contributed by atoms with E-state index in [0.717, 1.165) is 38.3 Å². The second-order valence-electron chi connectivity index (χ2n) is 7.23. The van der Waals surface area contributed by atoms with Gasteiger partial charge in [0.25, 0.3) is 0 Å². The lowest BCUT2D eigenvalue weighted by atomic mass is 9.98. The van der Waals surface area contributed by atoms with Gasteiger partial charge in [-0.05, 0) is 43.9 Å². The Bertz CT molecular complexity index is 720. The minimum Gasteiger partial charge on any atom is -0.370 e. The minimum atomic E-state index is -3.43. The summed E-state index contributed by atoms with van der Waals surface area (Å²) >= 11 is 0. The van der Waals surface area contributed by atoms with E-state index in [0.29, 0.717) is 17.9 Å². The third-order valence-corrected chi connectivity index (χ3v) is 6.65. The lowest BCUT2D eigenvalue weighted by molar-refractivity contribution is -0.954. The average Bonchev–Trinajstić information content (AvgIpc) is 2.60. The van der Waals surface area contributed by atoms with Gasteiger partial charge in [0.05, 0.1) is 24.7 Å². The van der Waals surface area contributed by atoms with Crippen molar-refractivity contribution in [2.45, 2.75) is 32.2 Å². The molecule has 1 aromatic carbocycles. The van der Waals surface area contributed by atoms with E-state index >= 15 is 0 Å². The molecule has 1 aromatic rings. The molecule has 0 radical (unpaired) electrons. The molecule has 0 spiro atoms. The fourth-order valence-electron chi connectivity index (χ4n) is 3.41. The lowest BCUT2D eigenvalue weighted by Gasteiger charge is -2.37. The maximum Gasteiger partial charge on any atom is 0.236 e. The first kappa shape index (κ1) is 17.6. The van der Waals surface area contributed by atoms with Crippen LogP contribution < -0.4 is 9.62 Å². The van der Waals surface area contributed by atoms with Gasteiger partial charge in [0.1, 0.15) is 18.6 Å². The highest BCUT2D eigenvalue weighted by molar-refractivity contribution is 7.93. The number of morpholine rings is 1. The number of ether oxygens (including phenoxy) is 1. The minimum absolute atomic E-state index is 0.149. The van der Waals surface area contributed by atoms with Crippen molar-refractivity contribution in [1.82, 2.24) is 4.72 Å². The van der Waals surface area contributed by atoms with Crippen LogP contribution in [0.25, 0.3) is 6.08 Å². The zero-order valence-electron chi connectivity index (χ0n) is 14.5. The number of hydrogen-bond acceptors (Lipinski definition) is 3. The fourth-order valence-corrected chi connectivity index (χ4v) is 4.79. The molecule has 5 nitrogen and oxygen atoms in total. The van der Waals surface area contributed by atoms with Gasteiger partial charge in [0.15, 0.2) is 0 Å². The Labute approximate surface area is 144 Å². The molecule has 3 rings (SSSR count). The standard InChI is InChI=1S/C18H26N2O3S/c1-18(2,20-9-11-23-12-10-20)14-19-24(21,22)17-8-7-15-5-3-4-6-16(15)13-17/h3-6,13,19H,7-12,14H2,1-2H3/p+1. The number of fused-ring (bicyclic) bond motifs is 1. The number of hydrogen-bond donors (Lipinski definition) is 2. The van der Waals surface area contributed by atoms with Crippen molar-refractivity contribution in [3.63, 3.8) is 0 Å². The maximum atomic E-state index is 12.7. The average molecular weight is 351 g/mol. The van der Waals surface area contributed by atoms with E-state index < -0.39 is 10.0 Å². The zero-order valence-corrected chi connectivity index (χ0v) is 15.3. The Morgan fingerprint density at radius 1 is 1.17 bits per heavy atom. The van der Waals surface area contributed by atoms with Crippen LogP contribution in [0.3, 0.4) is 0 Å². The molecular formula is C18H27N2O3S+. The first-order chi connectivity index (χ1) is 11.4. The van der Waals surface area contributed by atoms with Crippen LogP contribution in [-0.4, -0.2) is 46.8 Å². The van der Waals surface area contributed by atoms with Crippen molar-refractivity contribution >= 4 is 16.1 Å². The van der Waals surface area contributed by atoms with Crippen molar-refractivity contribution in [2.75, 3.05) is 32.8 Å². The third-order valence-electron chi connectivity index (χ3n) is 5.12. The Hall–Kier alpha value is -1.21. The Morgan fingerprint density at radius 3 is 2.62 bits per heavy atom. The van der Waals surface area contributed by atoms with Crippen molar-refractivity contribution in [1.29, 1.82) is 0 Å². The molecule has 0 bridgehead atoms. The SMILES string of the molecule is CC(C)(CNS(=O)(=O)C1=Cc2ccccc2CC1)[NH+]1CCOCC1. The summed E-state index contributed by atoms with van der Waals surface area (Å²) in [6.07, 6.45) is 3.16. The van der Waals surface area contributed by atoms with E-state index in [1.807, 2.05) is 24.3 Å². The second kappa shape index (κ2) is 6.96. The Morgan fingerprint density at radius 2 is 1.88 bits per heavy atom. The van der Waals surface area contributed by atoms with Crippen molar-refractivity contribution in [3.05, 3.63) is 40.3 Å². The van der Waals surface area contributed by atoms with E-state index in [2.05, 4.69) is 24.6 Å². The molecule has 2 N–H and O–H groups in total. The van der Waals surface area contributed by atoms with Gasteiger partial charge in [-0.15, -0.1) is 0 Å². The van der Waals surface area contributed by atoms with Gasteiger partial charge in [-0.3, -0.25) is 0 Å². The summed E-state index contributed by atoms with van der Waals surface area (Å²) in [5.74, 6) is 0. The largest absolute Gasteiger partial charge is 0.370 e. The van der Waals surface area contributed by atoms with E-state index in [-0.39, 0.29) is 5.54 Å². The molecule has 6 heteroatoms. The lowest BCUT2D eigenvalue weighted by Crippen LogP contribution is -3.22. The zero-order chi connectivity index (χ0) is 17.2. The van der Waals surface area contributed by atoms with Crippen LogP contribution >= 0.6 is 0 Å². The second-order valence-corrected chi connectivity index (χ2v) is 9.05. The maximum absolute atomic E-state index is 12.7. The van der Waals surface area contributed by atoms with Crippen LogP contribution in [0.4, 0.5) is 0 Å². The molecule has 1 fully saturated rings. The number of benzene rings is 1. The molecule has 1 aliphatic carbocycles. The molecule has 0 saturated carbocycles. The monoisotopic (exact) mass is 351 g/mol. The highest BCUT2D eigenvalue weighted by atomic mass is 32.2. The van der Waals surface area contributed by atoms with Gasteiger partial charge in [0.2, 0.25) is 10.0 Å². The summed E-state index contributed by atoms with van der Waals surface area (Å²) in [4.78, 5) is 1.88. The molecule has 24 heavy (non-hydrogen) atoms. The van der Waals surface area contributed by atoms with Crippen LogP contribution in [0.1, 0.15) is 31.4 Å². The van der Waals surface area contributed by atoms with E-state index in [9.17, 15) is 8.42 Å². The van der Waals surface area contributed by atoms with E-state index in [1.165, 1.54) is 10.5 Å². The predicted molar refractivity (Wildman–Crippen MR) is 95.3 cm³/mol. The molecule has 0 amide bonds. The number of quaternary nitrogens is 1. The van der Waals surface area contributed by atoms with Crippen LogP contribution in [0.2, 0.25) is 0 Å². The summed E-state index contributed by atoms with van der Waals surface area (Å²) < 4.78 is 33.7. The van der Waals surface area contributed by atoms with Crippen LogP contribution in [0.5, 0.6) is 0 Å². The number of nitrogens with one attached hydrogen (secondary N) is 2. The Balaban J connectivity index is 1.69. The highest BCUT2D eigenvalue weighted by Crippen LogP contribution is 2.26. The highest BCUT2D eigenvalue weighted by Gasteiger charge is 2.34. The molecule has 0 atom stereocenters. The van der Waals surface area contributed by atoms with Gasteiger partial charge < -0.3 is 9.64 Å². The van der Waals surface area contributed by atoms with Crippen molar-refractivity contribution in [2.24, 2.45) is 0 Å². The van der Waals surface area contributed by atoms with Gasteiger partial charge in [-0.1, -0.05) is 24.3 Å². The van der Waals surface area contributed by atoms with Crippen molar-refractivity contribution < 1.29 is 18.1 Å². The first-order valence-electron chi connectivity index (χ1n) is 8.59. The molecular weight excluding hydrogens is 324 g/mol. The third kappa shape index (κ3) is 3.88. The predicted octanol–water partition coefficient (Wildman–Crippen LogP) is 0.587. The molecule has 132 valence electrons. The number of aryl methyl sites for hydroxylation is 1. The quantitative estimate of drug-likeness (QED) is 0.816. The summed E-state index contributed by atoms with van der Waals surface area (Å²) in [5.41, 5.74) is 2.08. The fraction of sp³-hybridized carbons (Fsp3) is 0.556. The Kier molecular flexibility index (Phi) is 5.11. The van der Waals surface area contributed by atoms with Gasteiger partial charge >= 0.3 is 0 Å². The normalized spacial score (nSPS) is 19.7. The van der Waals surface area contributed by atoms with E-state index in [1.54, 1.807) is 0 Å². The van der Waals surface area contributed by atoms with Gasteiger partial charge in [-0.25, -0.2) is 13.1 Å². The molecule has 1 heterocycles. The smallest absolute Gasteiger partial charge is 0.236 e. The number of rotatable bonds is 5. The summed E-state index contributed by atoms with van der Waals surface area (Å²) in [5, 5.41) is 0. The van der Waals surface area contributed by atoms with Gasteiger partial charge in [-0.2, -0.15) is 0 Å². The topological polar surface area (TPSA) is 59.8 Å². The van der Waals surface area contributed by atoms with Crippen LogP contribution in [0.15, 0.2) is 29.2 Å².